The number of benzene rings is 1. The van der Waals surface area contributed by atoms with Gasteiger partial charge in [-0.15, -0.1) is 0 Å². The van der Waals surface area contributed by atoms with Crippen LogP contribution in [0.15, 0.2) is 42.0 Å². The number of nitrogens with one attached hydrogen (secondary N) is 1. The molecular weight excluding hydrogens is 440 g/mol. The lowest BCUT2D eigenvalue weighted by Gasteiger charge is -2.54. The molecule has 0 aromatic heterocycles. The topological polar surface area (TPSA) is 73.0 Å². The average molecular weight is 477 g/mol. The molecule has 7 heteroatoms. The van der Waals surface area contributed by atoms with Gasteiger partial charge in [0.2, 0.25) is 5.91 Å². The number of imide groups is 1. The van der Waals surface area contributed by atoms with Gasteiger partial charge in [-0.3, -0.25) is 19.4 Å². The molecule has 4 heterocycles. The maximum absolute atomic E-state index is 13.6. The minimum atomic E-state index is -0.755. The van der Waals surface area contributed by atoms with Crippen molar-refractivity contribution in [2.75, 3.05) is 26.2 Å². The van der Waals surface area contributed by atoms with E-state index in [4.69, 9.17) is 0 Å². The SMILES string of the molecule is O=C1N[C@@H](CC(=O)N2CCCC3=C[C@H]4C[C@@H](CN5CCCC[C@H]45)[C@H]32)C(=O)N1CCc1ccccc1. The van der Waals surface area contributed by atoms with Gasteiger partial charge in [0.25, 0.3) is 5.91 Å². The van der Waals surface area contributed by atoms with Crippen molar-refractivity contribution in [1.29, 1.82) is 0 Å². The first-order valence-corrected chi connectivity index (χ1v) is 13.5. The first-order chi connectivity index (χ1) is 17.1. The predicted octanol–water partition coefficient (Wildman–Crippen LogP) is 2.96. The smallest absolute Gasteiger partial charge is 0.324 e. The van der Waals surface area contributed by atoms with Gasteiger partial charge >= 0.3 is 6.03 Å². The molecule has 1 aromatic carbocycles. The molecule has 4 aliphatic heterocycles. The van der Waals surface area contributed by atoms with Crippen LogP contribution in [-0.4, -0.2) is 76.8 Å². The van der Waals surface area contributed by atoms with Crippen molar-refractivity contribution < 1.29 is 14.4 Å². The maximum atomic E-state index is 13.6. The normalized spacial score (nSPS) is 32.6. The molecule has 5 atom stereocenters. The van der Waals surface area contributed by atoms with E-state index in [2.05, 4.69) is 16.3 Å². The van der Waals surface area contributed by atoms with Gasteiger partial charge in [0.05, 0.1) is 12.5 Å². The quantitative estimate of drug-likeness (QED) is 0.524. The first-order valence-electron chi connectivity index (χ1n) is 13.5. The lowest BCUT2D eigenvalue weighted by Crippen LogP contribution is -2.60. The van der Waals surface area contributed by atoms with Crippen molar-refractivity contribution in [3.05, 3.63) is 47.5 Å². The number of rotatable bonds is 5. The van der Waals surface area contributed by atoms with E-state index in [9.17, 15) is 14.4 Å². The lowest BCUT2D eigenvalue weighted by molar-refractivity contribution is -0.139. The molecule has 4 saturated heterocycles. The van der Waals surface area contributed by atoms with Crippen molar-refractivity contribution in [3.8, 4) is 0 Å². The molecule has 2 bridgehead atoms. The largest absolute Gasteiger partial charge is 0.336 e. The molecule has 7 nitrogen and oxygen atoms in total. The van der Waals surface area contributed by atoms with Crippen LogP contribution in [0.5, 0.6) is 0 Å². The molecule has 186 valence electrons. The lowest BCUT2D eigenvalue weighted by atomic mass is 9.68. The molecule has 35 heavy (non-hydrogen) atoms. The highest BCUT2D eigenvalue weighted by Gasteiger charge is 2.48. The Kier molecular flexibility index (Phi) is 6.13. The molecule has 5 aliphatic rings. The second-order valence-electron chi connectivity index (χ2n) is 11.0. The zero-order valence-electron chi connectivity index (χ0n) is 20.4. The summed E-state index contributed by atoms with van der Waals surface area (Å²) in [6.45, 7) is 3.35. The predicted molar refractivity (Wildman–Crippen MR) is 132 cm³/mol. The van der Waals surface area contributed by atoms with Crippen LogP contribution in [0.3, 0.4) is 0 Å². The summed E-state index contributed by atoms with van der Waals surface area (Å²) >= 11 is 0. The summed E-state index contributed by atoms with van der Waals surface area (Å²) < 4.78 is 0. The van der Waals surface area contributed by atoms with Gasteiger partial charge in [-0.25, -0.2) is 4.79 Å². The van der Waals surface area contributed by atoms with E-state index >= 15 is 0 Å². The number of hydrogen-bond acceptors (Lipinski definition) is 4. The fraction of sp³-hybridized carbons (Fsp3) is 0.607. The van der Waals surface area contributed by atoms with Crippen LogP contribution in [-0.2, 0) is 16.0 Å². The number of hydrogen-bond donors (Lipinski definition) is 1. The van der Waals surface area contributed by atoms with Crippen molar-refractivity contribution in [1.82, 2.24) is 20.0 Å². The number of carbonyl (C=O) groups excluding carboxylic acids is 3. The van der Waals surface area contributed by atoms with Crippen molar-refractivity contribution >= 4 is 17.8 Å². The minimum Gasteiger partial charge on any atom is -0.336 e. The molecule has 1 N–H and O–H groups in total. The monoisotopic (exact) mass is 476 g/mol. The Balaban J connectivity index is 1.12. The molecule has 1 aromatic rings. The van der Waals surface area contributed by atoms with Crippen molar-refractivity contribution in [2.45, 2.75) is 69.5 Å². The summed E-state index contributed by atoms with van der Waals surface area (Å²) in [7, 11) is 0. The van der Waals surface area contributed by atoms with Gasteiger partial charge in [0, 0.05) is 25.7 Å². The summed E-state index contributed by atoms with van der Waals surface area (Å²) in [4.78, 5) is 45.1. The van der Waals surface area contributed by atoms with Crippen LogP contribution in [0.4, 0.5) is 4.79 Å². The van der Waals surface area contributed by atoms with Gasteiger partial charge < -0.3 is 10.2 Å². The number of urea groups is 1. The highest BCUT2D eigenvalue weighted by molar-refractivity contribution is 6.05. The highest BCUT2D eigenvalue weighted by atomic mass is 16.2. The summed E-state index contributed by atoms with van der Waals surface area (Å²) in [6, 6.07) is 9.56. The van der Waals surface area contributed by atoms with E-state index in [0.717, 1.165) is 31.5 Å². The molecule has 0 radical (unpaired) electrons. The van der Waals surface area contributed by atoms with Crippen LogP contribution in [0.25, 0.3) is 0 Å². The zero-order chi connectivity index (χ0) is 23.9. The highest BCUT2D eigenvalue weighted by Crippen LogP contribution is 2.45. The standard InChI is InChI=1S/C28H36N4O3/c33-25(17-23-27(34)32(28(35)29-23)14-11-19-7-2-1-3-8-19)31-13-6-9-20-15-21-16-22(26(20)31)18-30-12-5-4-10-24(21)30/h1-3,7-8,15,21-24,26H,4-6,9-14,16-18H2,(H,29,35)/t21-,22-,23-,24+,26-/m0/s1. The molecular formula is C28H36N4O3. The Morgan fingerprint density at radius 3 is 2.77 bits per heavy atom. The second kappa shape index (κ2) is 9.41. The van der Waals surface area contributed by atoms with E-state index in [1.165, 1.54) is 42.7 Å². The van der Waals surface area contributed by atoms with E-state index in [1.807, 2.05) is 35.2 Å². The molecule has 0 unspecified atom stereocenters. The summed E-state index contributed by atoms with van der Waals surface area (Å²) in [5, 5.41) is 2.78. The molecule has 4 fully saturated rings. The van der Waals surface area contributed by atoms with Crippen LogP contribution in [0.2, 0.25) is 0 Å². The fourth-order valence-corrected chi connectivity index (χ4v) is 7.36. The van der Waals surface area contributed by atoms with E-state index in [0.29, 0.717) is 30.8 Å². The van der Waals surface area contributed by atoms with E-state index in [-0.39, 0.29) is 30.3 Å². The Hall–Kier alpha value is -2.67. The number of carbonyl (C=O) groups is 3. The van der Waals surface area contributed by atoms with Crippen LogP contribution in [0, 0.1) is 11.8 Å². The van der Waals surface area contributed by atoms with Crippen LogP contribution in [0.1, 0.15) is 50.5 Å². The summed E-state index contributed by atoms with van der Waals surface area (Å²) in [5.41, 5.74) is 2.53. The molecule has 6 rings (SSSR count). The number of amides is 4. The van der Waals surface area contributed by atoms with Gasteiger partial charge in [0.1, 0.15) is 6.04 Å². The molecule has 1 aliphatic carbocycles. The Morgan fingerprint density at radius 2 is 1.91 bits per heavy atom. The third kappa shape index (κ3) is 4.28. The average Bonchev–Trinajstić information content (AvgIpc) is 3.14. The Labute approximate surface area is 207 Å². The summed E-state index contributed by atoms with van der Waals surface area (Å²) in [5.74, 6) is 0.840. The van der Waals surface area contributed by atoms with Crippen molar-refractivity contribution in [2.24, 2.45) is 11.8 Å². The van der Waals surface area contributed by atoms with Gasteiger partial charge in [0.15, 0.2) is 0 Å². The third-order valence-corrected chi connectivity index (χ3v) is 8.93. The van der Waals surface area contributed by atoms with Gasteiger partial charge in [-0.05, 0) is 62.5 Å². The first kappa shape index (κ1) is 22.8. The maximum Gasteiger partial charge on any atom is 0.324 e. The number of nitrogens with zero attached hydrogens (tertiary/aromatic N) is 3. The Morgan fingerprint density at radius 1 is 1.06 bits per heavy atom. The van der Waals surface area contributed by atoms with Crippen LogP contribution >= 0.6 is 0 Å². The number of piperidine rings is 3. The van der Waals surface area contributed by atoms with Crippen LogP contribution < -0.4 is 5.32 Å². The third-order valence-electron chi connectivity index (χ3n) is 8.93. The van der Waals surface area contributed by atoms with E-state index < -0.39 is 6.04 Å². The Bertz CT molecular complexity index is 1020. The van der Waals surface area contributed by atoms with Crippen molar-refractivity contribution in [3.63, 3.8) is 0 Å². The molecule has 4 amide bonds. The molecule has 0 spiro atoms. The van der Waals surface area contributed by atoms with E-state index in [1.54, 1.807) is 0 Å². The fourth-order valence-electron chi connectivity index (χ4n) is 7.36. The number of likely N-dealkylation sites (tertiary alicyclic amines) is 1. The second-order valence-corrected chi connectivity index (χ2v) is 11.0. The zero-order valence-corrected chi connectivity index (χ0v) is 20.4. The molecule has 0 saturated carbocycles. The van der Waals surface area contributed by atoms with Gasteiger partial charge in [-0.2, -0.15) is 0 Å². The minimum absolute atomic E-state index is 0.00313. The summed E-state index contributed by atoms with van der Waals surface area (Å²) in [6.07, 6.45) is 10.3. The number of fused-ring (bicyclic) bond motifs is 6. The van der Waals surface area contributed by atoms with Gasteiger partial charge in [-0.1, -0.05) is 48.4 Å².